The van der Waals surface area contributed by atoms with Crippen molar-refractivity contribution in [2.45, 2.75) is 0 Å². The molecule has 10 nitrogen and oxygen atoms in total. The van der Waals surface area contributed by atoms with Gasteiger partial charge >= 0.3 is 5.97 Å². The lowest BCUT2D eigenvalue weighted by Crippen LogP contribution is -2.10. The third-order valence-corrected chi connectivity index (χ3v) is 3.79. The fourth-order valence-electron chi connectivity index (χ4n) is 2.28. The number of carbonyl (C=O) groups is 2. The number of benzene rings is 3. The first-order chi connectivity index (χ1) is 14.4. The highest BCUT2D eigenvalue weighted by Crippen LogP contribution is 2.19. The highest BCUT2D eigenvalue weighted by Gasteiger charge is 2.11. The Balaban J connectivity index is 1.55. The Morgan fingerprint density at radius 3 is 2.30 bits per heavy atom. The first-order valence-corrected chi connectivity index (χ1v) is 8.49. The number of azo groups is 1. The predicted molar refractivity (Wildman–Crippen MR) is 106 cm³/mol. The lowest BCUT2D eigenvalue weighted by atomic mass is 10.2. The van der Waals surface area contributed by atoms with Crippen molar-refractivity contribution in [3.05, 3.63) is 94.0 Å². The minimum atomic E-state index is -0.717. The molecule has 3 rings (SSSR count). The predicted octanol–water partition coefficient (Wildman–Crippen LogP) is 4.41. The maximum Gasteiger partial charge on any atom is 0.362 e. The number of hydrogen-bond donors (Lipinski definition) is 2. The Morgan fingerprint density at radius 1 is 0.967 bits per heavy atom. The van der Waals surface area contributed by atoms with Crippen LogP contribution in [0.1, 0.15) is 20.7 Å². The van der Waals surface area contributed by atoms with Gasteiger partial charge in [0.2, 0.25) is 0 Å². The van der Waals surface area contributed by atoms with E-state index in [9.17, 15) is 24.8 Å². The molecule has 0 saturated heterocycles. The quantitative estimate of drug-likeness (QED) is 0.350. The summed E-state index contributed by atoms with van der Waals surface area (Å²) in [6, 6.07) is 16.9. The second-order valence-corrected chi connectivity index (χ2v) is 5.90. The largest absolute Gasteiger partial charge is 0.508 e. The number of nitro groups is 1. The van der Waals surface area contributed by atoms with Gasteiger partial charge in [-0.1, -0.05) is 6.07 Å². The smallest absolute Gasteiger partial charge is 0.362 e. The maximum atomic E-state index is 12.0. The first-order valence-electron chi connectivity index (χ1n) is 8.49. The summed E-state index contributed by atoms with van der Waals surface area (Å²) in [6.45, 7) is 0. The Hall–Kier alpha value is -4.60. The van der Waals surface area contributed by atoms with E-state index in [1.807, 2.05) is 0 Å². The lowest BCUT2D eigenvalue weighted by Gasteiger charge is -2.06. The topological polar surface area (TPSA) is 143 Å². The molecular formula is C20H14N4O6. The van der Waals surface area contributed by atoms with Crippen LogP contribution in [-0.2, 0) is 4.84 Å². The van der Waals surface area contributed by atoms with E-state index in [1.165, 1.54) is 48.5 Å². The summed E-state index contributed by atoms with van der Waals surface area (Å²) in [5.41, 5.74) is 3.49. The van der Waals surface area contributed by atoms with Gasteiger partial charge < -0.3 is 9.94 Å². The molecule has 0 radical (unpaired) electrons. The van der Waals surface area contributed by atoms with Crippen molar-refractivity contribution in [1.82, 2.24) is 0 Å². The van der Waals surface area contributed by atoms with Gasteiger partial charge in [-0.3, -0.25) is 14.9 Å². The summed E-state index contributed by atoms with van der Waals surface area (Å²) >= 11 is 0. The molecule has 0 spiro atoms. The van der Waals surface area contributed by atoms with E-state index in [4.69, 9.17) is 4.84 Å². The van der Waals surface area contributed by atoms with Crippen LogP contribution in [0.4, 0.5) is 17.1 Å². The molecule has 1 amide bonds. The van der Waals surface area contributed by atoms with Crippen molar-refractivity contribution in [2.24, 2.45) is 10.2 Å². The average Bonchev–Trinajstić information content (AvgIpc) is 2.76. The number of nitro benzene ring substituents is 1. The molecule has 3 aromatic rings. The number of carbonyl (C=O) groups excluding carboxylic acids is 2. The van der Waals surface area contributed by atoms with E-state index in [0.717, 1.165) is 0 Å². The molecule has 2 N–H and O–H groups in total. The second kappa shape index (κ2) is 9.06. The number of phenolic OH excluding ortho intramolecular Hbond substituents is 1. The van der Waals surface area contributed by atoms with Crippen LogP contribution in [0.3, 0.4) is 0 Å². The molecule has 0 aliphatic heterocycles. The summed E-state index contributed by atoms with van der Waals surface area (Å²) in [5.74, 6) is -1.37. The number of nitrogens with zero attached hydrogens (tertiary/aromatic N) is 3. The van der Waals surface area contributed by atoms with Crippen LogP contribution in [0.15, 0.2) is 83.0 Å². The molecular weight excluding hydrogens is 392 g/mol. The Bertz CT molecular complexity index is 1110. The summed E-state index contributed by atoms with van der Waals surface area (Å²) in [4.78, 5) is 38.9. The molecule has 0 heterocycles. The van der Waals surface area contributed by atoms with E-state index in [2.05, 4.69) is 15.7 Å². The minimum absolute atomic E-state index is 0.0465. The molecule has 0 bridgehead atoms. The molecule has 0 fully saturated rings. The lowest BCUT2D eigenvalue weighted by molar-refractivity contribution is -0.384. The van der Waals surface area contributed by atoms with Gasteiger partial charge in [-0.15, -0.1) is 10.2 Å². The molecule has 10 heteroatoms. The van der Waals surface area contributed by atoms with Crippen LogP contribution in [0.25, 0.3) is 0 Å². The van der Waals surface area contributed by atoms with Crippen molar-refractivity contribution in [2.75, 3.05) is 5.48 Å². The van der Waals surface area contributed by atoms with E-state index < -0.39 is 16.8 Å². The number of hydrogen-bond acceptors (Lipinski definition) is 8. The molecule has 0 aliphatic rings. The molecule has 30 heavy (non-hydrogen) atoms. The van der Waals surface area contributed by atoms with E-state index in [-0.39, 0.29) is 22.6 Å². The Morgan fingerprint density at radius 2 is 1.67 bits per heavy atom. The molecule has 150 valence electrons. The molecule has 3 aromatic carbocycles. The summed E-state index contributed by atoms with van der Waals surface area (Å²) in [7, 11) is 0. The number of rotatable bonds is 6. The third kappa shape index (κ3) is 5.23. The van der Waals surface area contributed by atoms with E-state index in [1.54, 1.807) is 24.3 Å². The second-order valence-electron chi connectivity index (χ2n) is 5.90. The molecule has 0 aromatic heterocycles. The van der Waals surface area contributed by atoms with Crippen LogP contribution >= 0.6 is 0 Å². The monoisotopic (exact) mass is 406 g/mol. The van der Waals surface area contributed by atoms with Crippen molar-refractivity contribution in [1.29, 1.82) is 0 Å². The molecule has 0 unspecified atom stereocenters. The highest BCUT2D eigenvalue weighted by atomic mass is 16.7. The van der Waals surface area contributed by atoms with Crippen molar-refractivity contribution >= 4 is 28.9 Å². The number of phenols is 1. The van der Waals surface area contributed by atoms with Gasteiger partial charge in [0.15, 0.2) is 0 Å². The number of nitrogens with one attached hydrogen (secondary N) is 1. The van der Waals surface area contributed by atoms with Gasteiger partial charge in [0.1, 0.15) is 5.75 Å². The van der Waals surface area contributed by atoms with Crippen LogP contribution in [0.5, 0.6) is 5.75 Å². The molecule has 0 aliphatic carbocycles. The number of amides is 1. The zero-order valence-corrected chi connectivity index (χ0v) is 15.3. The molecule has 0 saturated carbocycles. The van der Waals surface area contributed by atoms with Gasteiger partial charge in [0, 0.05) is 17.7 Å². The highest BCUT2D eigenvalue weighted by molar-refractivity contribution is 5.95. The number of aromatic hydroxyl groups is 1. The van der Waals surface area contributed by atoms with Crippen molar-refractivity contribution < 1.29 is 24.5 Å². The Labute approximate surface area is 169 Å². The minimum Gasteiger partial charge on any atom is -0.508 e. The zero-order chi connectivity index (χ0) is 21.5. The average molecular weight is 406 g/mol. The van der Waals surface area contributed by atoms with Gasteiger partial charge in [-0.25, -0.2) is 10.3 Å². The Kier molecular flexibility index (Phi) is 6.08. The normalized spacial score (nSPS) is 10.5. The molecule has 0 atom stereocenters. The number of anilines is 1. The summed E-state index contributed by atoms with van der Waals surface area (Å²) < 4.78 is 0. The fraction of sp³-hybridized carbons (Fsp3) is 0. The van der Waals surface area contributed by atoms with Crippen LogP contribution in [0, 0.1) is 10.1 Å². The summed E-state index contributed by atoms with van der Waals surface area (Å²) in [6.07, 6.45) is 0. The van der Waals surface area contributed by atoms with Gasteiger partial charge in [0.05, 0.1) is 21.9 Å². The summed E-state index contributed by atoms with van der Waals surface area (Å²) in [5, 5.41) is 27.4. The van der Waals surface area contributed by atoms with E-state index >= 15 is 0 Å². The zero-order valence-electron chi connectivity index (χ0n) is 15.3. The van der Waals surface area contributed by atoms with Crippen LogP contribution in [0.2, 0.25) is 0 Å². The SMILES string of the molecule is O=C(N=Nc1ccc(NOC(=O)c2ccc([N+](=O)[O-])cc2)cc1)c1cccc(O)c1. The van der Waals surface area contributed by atoms with Crippen molar-refractivity contribution in [3.8, 4) is 5.75 Å². The standard InChI is InChI=1S/C20H14N4O6/c25-18-3-1-2-14(12-18)19(26)22-21-15-6-8-16(9-7-15)23-30-20(27)13-4-10-17(11-5-13)24(28)29/h1-12,23,25H. The first kappa shape index (κ1) is 20.1. The van der Waals surface area contributed by atoms with E-state index in [0.29, 0.717) is 11.4 Å². The van der Waals surface area contributed by atoms with Crippen LogP contribution < -0.4 is 5.48 Å². The van der Waals surface area contributed by atoms with Gasteiger partial charge in [-0.2, -0.15) is 0 Å². The number of non-ortho nitro benzene ring substituents is 1. The third-order valence-electron chi connectivity index (χ3n) is 3.79. The fourth-order valence-corrected chi connectivity index (χ4v) is 2.28. The van der Waals surface area contributed by atoms with Crippen LogP contribution in [-0.4, -0.2) is 21.9 Å². The maximum absolute atomic E-state index is 12.0. The van der Waals surface area contributed by atoms with Crippen molar-refractivity contribution in [3.63, 3.8) is 0 Å². The van der Waals surface area contributed by atoms with Gasteiger partial charge in [0.25, 0.3) is 11.6 Å². The van der Waals surface area contributed by atoms with Gasteiger partial charge in [-0.05, 0) is 54.6 Å².